The largest absolute Gasteiger partial charge is 0.573 e. The molecular formula is C19H20ClF3N2O5S. The van der Waals surface area contributed by atoms with Gasteiger partial charge in [0.25, 0.3) is 0 Å². The first-order valence-corrected chi connectivity index (χ1v) is 11.1. The highest BCUT2D eigenvalue weighted by molar-refractivity contribution is 7.92. The van der Waals surface area contributed by atoms with E-state index in [2.05, 4.69) is 10.1 Å². The zero-order valence-electron chi connectivity index (χ0n) is 16.7. The third-order valence-electron chi connectivity index (χ3n) is 4.08. The summed E-state index contributed by atoms with van der Waals surface area (Å²) in [6.07, 6.45) is -3.78. The summed E-state index contributed by atoms with van der Waals surface area (Å²) in [7, 11) is -2.50. The van der Waals surface area contributed by atoms with E-state index in [1.807, 2.05) is 0 Å². The fourth-order valence-electron chi connectivity index (χ4n) is 2.82. The van der Waals surface area contributed by atoms with Gasteiger partial charge in [0.05, 0.1) is 24.1 Å². The quantitative estimate of drug-likeness (QED) is 0.604. The number of hydrogen-bond donors (Lipinski definition) is 1. The Bertz CT molecular complexity index is 1030. The van der Waals surface area contributed by atoms with Crippen molar-refractivity contribution in [2.24, 2.45) is 0 Å². The van der Waals surface area contributed by atoms with Crippen molar-refractivity contribution in [3.05, 3.63) is 47.5 Å². The van der Waals surface area contributed by atoms with E-state index < -0.39 is 34.1 Å². The van der Waals surface area contributed by atoms with Crippen LogP contribution in [0.2, 0.25) is 5.02 Å². The van der Waals surface area contributed by atoms with E-state index in [4.69, 9.17) is 16.3 Å². The minimum Gasteiger partial charge on any atom is -0.495 e. The van der Waals surface area contributed by atoms with Crippen LogP contribution in [0, 0.1) is 0 Å². The van der Waals surface area contributed by atoms with E-state index in [0.717, 1.165) is 22.7 Å². The lowest BCUT2D eigenvalue weighted by atomic mass is 10.1. The number of hydrogen-bond acceptors (Lipinski definition) is 5. The third-order valence-corrected chi connectivity index (χ3v) is 5.55. The molecule has 0 aliphatic heterocycles. The van der Waals surface area contributed by atoms with Gasteiger partial charge in [0.1, 0.15) is 17.5 Å². The molecule has 0 fully saturated rings. The first-order chi connectivity index (χ1) is 14.4. The molecular weight excluding hydrogens is 461 g/mol. The van der Waals surface area contributed by atoms with Crippen molar-refractivity contribution in [1.29, 1.82) is 0 Å². The molecule has 2 rings (SSSR count). The SMILES string of the molecule is CCC(C(=O)Nc1ccc(OC(F)(F)F)cc1)N(c1ccc(OC)c(Cl)c1)S(C)(=O)=O. The molecule has 0 saturated carbocycles. The third kappa shape index (κ3) is 6.66. The van der Waals surface area contributed by atoms with Crippen LogP contribution in [0.25, 0.3) is 0 Å². The van der Waals surface area contributed by atoms with E-state index >= 15 is 0 Å². The van der Waals surface area contributed by atoms with Crippen LogP contribution in [0.3, 0.4) is 0 Å². The molecule has 1 unspecified atom stereocenters. The van der Waals surface area contributed by atoms with E-state index in [0.29, 0.717) is 5.75 Å². The Kier molecular flexibility index (Phi) is 7.66. The number of nitrogens with zero attached hydrogens (tertiary/aromatic N) is 1. The van der Waals surface area contributed by atoms with Crippen molar-refractivity contribution < 1.29 is 35.9 Å². The summed E-state index contributed by atoms with van der Waals surface area (Å²) in [5.41, 5.74) is 0.323. The number of alkyl halides is 3. The maximum Gasteiger partial charge on any atom is 0.573 e. The number of amides is 1. The van der Waals surface area contributed by atoms with Gasteiger partial charge in [0.2, 0.25) is 15.9 Å². The zero-order chi connectivity index (χ0) is 23.4. The molecule has 7 nitrogen and oxygen atoms in total. The Morgan fingerprint density at radius 2 is 1.81 bits per heavy atom. The molecule has 1 atom stereocenters. The van der Waals surface area contributed by atoms with Crippen LogP contribution in [-0.2, 0) is 14.8 Å². The van der Waals surface area contributed by atoms with Crippen LogP contribution in [0.1, 0.15) is 13.3 Å². The molecule has 2 aromatic carbocycles. The Hall–Kier alpha value is -2.66. The van der Waals surface area contributed by atoms with Gasteiger partial charge in [0.15, 0.2) is 0 Å². The van der Waals surface area contributed by atoms with Crippen LogP contribution in [-0.4, -0.2) is 40.1 Å². The number of ether oxygens (including phenoxy) is 2. The van der Waals surface area contributed by atoms with Crippen molar-refractivity contribution in [3.8, 4) is 11.5 Å². The fourth-order valence-corrected chi connectivity index (χ4v) is 4.27. The van der Waals surface area contributed by atoms with Gasteiger partial charge in [-0.1, -0.05) is 18.5 Å². The molecule has 0 spiro atoms. The van der Waals surface area contributed by atoms with Crippen LogP contribution in [0.15, 0.2) is 42.5 Å². The van der Waals surface area contributed by atoms with E-state index in [9.17, 15) is 26.4 Å². The van der Waals surface area contributed by atoms with Crippen molar-refractivity contribution in [1.82, 2.24) is 0 Å². The lowest BCUT2D eigenvalue weighted by Crippen LogP contribution is -2.47. The van der Waals surface area contributed by atoms with Crippen LogP contribution in [0.5, 0.6) is 11.5 Å². The number of nitrogens with one attached hydrogen (secondary N) is 1. The summed E-state index contributed by atoms with van der Waals surface area (Å²) in [5.74, 6) is -0.801. The summed E-state index contributed by atoms with van der Waals surface area (Å²) in [5, 5.41) is 2.66. The molecule has 0 aromatic heterocycles. The lowest BCUT2D eigenvalue weighted by molar-refractivity contribution is -0.274. The van der Waals surface area contributed by atoms with Gasteiger partial charge in [-0.25, -0.2) is 8.42 Å². The summed E-state index contributed by atoms with van der Waals surface area (Å²) in [6, 6.07) is 7.61. The van der Waals surface area contributed by atoms with Gasteiger partial charge in [-0.15, -0.1) is 13.2 Å². The number of halogens is 4. The lowest BCUT2D eigenvalue weighted by Gasteiger charge is -2.30. The van der Waals surface area contributed by atoms with Gasteiger partial charge in [-0.3, -0.25) is 9.10 Å². The minimum absolute atomic E-state index is 0.109. The van der Waals surface area contributed by atoms with Gasteiger partial charge in [0, 0.05) is 5.69 Å². The first-order valence-electron chi connectivity index (χ1n) is 8.85. The molecule has 0 saturated heterocycles. The Morgan fingerprint density at radius 3 is 2.26 bits per heavy atom. The maximum absolute atomic E-state index is 12.8. The van der Waals surface area contributed by atoms with E-state index in [1.165, 1.54) is 37.4 Å². The van der Waals surface area contributed by atoms with Crippen LogP contribution >= 0.6 is 11.6 Å². The van der Waals surface area contributed by atoms with Crippen LogP contribution < -0.4 is 19.1 Å². The monoisotopic (exact) mass is 480 g/mol. The van der Waals surface area contributed by atoms with Gasteiger partial charge >= 0.3 is 6.36 Å². The average Bonchev–Trinajstić information content (AvgIpc) is 2.65. The normalized spacial score (nSPS) is 12.7. The molecule has 0 heterocycles. The zero-order valence-corrected chi connectivity index (χ0v) is 18.3. The highest BCUT2D eigenvalue weighted by Gasteiger charge is 2.33. The minimum atomic E-state index is -4.84. The standard InChI is InChI=1S/C19H20ClF3N2O5S/c1-4-16(18(26)24-12-5-8-14(9-6-12)30-19(21,22)23)25(31(3,27)28)13-7-10-17(29-2)15(20)11-13/h5-11,16H,4H2,1-3H3,(H,24,26). The smallest absolute Gasteiger partial charge is 0.495 e. The molecule has 1 amide bonds. The molecule has 2 aromatic rings. The Balaban J connectivity index is 2.30. The topological polar surface area (TPSA) is 84.9 Å². The molecule has 0 radical (unpaired) electrons. The highest BCUT2D eigenvalue weighted by Crippen LogP contribution is 2.32. The number of carbonyl (C=O) groups excluding carboxylic acids is 1. The Morgan fingerprint density at radius 1 is 1.19 bits per heavy atom. The molecule has 31 heavy (non-hydrogen) atoms. The molecule has 0 bridgehead atoms. The molecule has 170 valence electrons. The number of benzene rings is 2. The fraction of sp³-hybridized carbons (Fsp3) is 0.316. The average molecular weight is 481 g/mol. The molecule has 0 aliphatic carbocycles. The number of sulfonamides is 1. The summed E-state index contributed by atoms with van der Waals surface area (Å²) >= 11 is 6.10. The highest BCUT2D eigenvalue weighted by atomic mass is 35.5. The van der Waals surface area contributed by atoms with Crippen molar-refractivity contribution >= 4 is 38.9 Å². The summed E-state index contributed by atoms with van der Waals surface area (Å²) in [4.78, 5) is 12.8. The predicted molar refractivity (Wildman–Crippen MR) is 111 cm³/mol. The van der Waals surface area contributed by atoms with Crippen molar-refractivity contribution in [2.45, 2.75) is 25.7 Å². The number of rotatable bonds is 8. The second-order valence-electron chi connectivity index (χ2n) is 6.36. The first kappa shape index (κ1) is 24.6. The number of anilines is 2. The molecule has 1 N–H and O–H groups in total. The van der Waals surface area contributed by atoms with Crippen molar-refractivity contribution in [2.75, 3.05) is 23.0 Å². The van der Waals surface area contributed by atoms with E-state index in [1.54, 1.807) is 6.92 Å². The maximum atomic E-state index is 12.8. The van der Waals surface area contributed by atoms with Gasteiger partial charge in [-0.2, -0.15) is 0 Å². The number of methoxy groups -OCH3 is 1. The predicted octanol–water partition coefficient (Wildman–Crippen LogP) is 4.43. The molecule has 0 aliphatic rings. The van der Waals surface area contributed by atoms with Gasteiger partial charge in [-0.05, 0) is 48.9 Å². The summed E-state index contributed by atoms with van der Waals surface area (Å²) < 4.78 is 71.5. The van der Waals surface area contributed by atoms with Crippen LogP contribution in [0.4, 0.5) is 24.5 Å². The van der Waals surface area contributed by atoms with E-state index in [-0.39, 0.29) is 22.8 Å². The van der Waals surface area contributed by atoms with Gasteiger partial charge < -0.3 is 14.8 Å². The van der Waals surface area contributed by atoms with Crippen molar-refractivity contribution in [3.63, 3.8) is 0 Å². The Labute approximate surface area is 182 Å². The second kappa shape index (κ2) is 9.65. The second-order valence-corrected chi connectivity index (χ2v) is 8.63. The number of carbonyl (C=O) groups is 1. The molecule has 12 heteroatoms. The summed E-state index contributed by atoms with van der Waals surface area (Å²) in [6.45, 7) is 1.62.